The molecule has 0 spiro atoms. The predicted octanol–water partition coefficient (Wildman–Crippen LogP) is 2.21. The lowest BCUT2D eigenvalue weighted by atomic mass is 10.1. The summed E-state index contributed by atoms with van der Waals surface area (Å²) in [7, 11) is -3.70. The molecular formula is C18H22N2O4S2. The van der Waals surface area contributed by atoms with E-state index >= 15 is 0 Å². The van der Waals surface area contributed by atoms with Crippen molar-refractivity contribution in [2.75, 3.05) is 6.54 Å². The molecule has 2 rings (SSSR count). The molecule has 0 radical (unpaired) electrons. The van der Waals surface area contributed by atoms with Crippen LogP contribution in [0.3, 0.4) is 0 Å². The van der Waals surface area contributed by atoms with Crippen molar-refractivity contribution in [3.8, 4) is 0 Å². The summed E-state index contributed by atoms with van der Waals surface area (Å²) in [5, 5.41) is 5.64. The number of hydrogen-bond acceptors (Lipinski definition) is 5. The molecule has 0 aliphatic carbocycles. The molecule has 0 aliphatic heterocycles. The number of sulfone groups is 1. The highest BCUT2D eigenvalue weighted by molar-refractivity contribution is 7.93. The molecule has 2 amide bonds. The van der Waals surface area contributed by atoms with Gasteiger partial charge in [-0.3, -0.25) is 9.59 Å². The van der Waals surface area contributed by atoms with E-state index in [-0.39, 0.29) is 16.8 Å². The van der Waals surface area contributed by atoms with Crippen molar-refractivity contribution in [1.29, 1.82) is 0 Å². The van der Waals surface area contributed by atoms with Gasteiger partial charge in [0.05, 0.1) is 0 Å². The van der Waals surface area contributed by atoms with Crippen LogP contribution < -0.4 is 10.6 Å². The third-order valence-corrected chi connectivity index (χ3v) is 7.21. The number of nitrogens with one attached hydrogen (secondary N) is 2. The second kappa shape index (κ2) is 8.46. The zero-order chi connectivity index (χ0) is 19.3. The van der Waals surface area contributed by atoms with E-state index in [1.807, 2.05) is 19.1 Å². The Labute approximate surface area is 157 Å². The number of amides is 2. The molecular weight excluding hydrogens is 372 g/mol. The van der Waals surface area contributed by atoms with Crippen LogP contribution in [0.2, 0.25) is 0 Å². The minimum atomic E-state index is -3.70. The van der Waals surface area contributed by atoms with Gasteiger partial charge in [-0.2, -0.15) is 0 Å². The van der Waals surface area contributed by atoms with Crippen LogP contribution >= 0.6 is 11.3 Å². The molecule has 0 saturated carbocycles. The molecule has 1 atom stereocenters. The van der Waals surface area contributed by atoms with Gasteiger partial charge < -0.3 is 10.6 Å². The fourth-order valence-corrected chi connectivity index (χ4v) is 5.21. The second-order valence-corrected chi connectivity index (χ2v) is 9.52. The standard InChI is InChI=1S/C18H22N2O4S2/c1-12(2)20-18(22)17(21)19-11-15(14-8-6-13(3)7-9-14)26(23,24)16-5-4-10-25-16/h4-10,12,15H,11H2,1-3H3,(H,19,21)(H,20,22)/t15-/m0/s1. The van der Waals surface area contributed by atoms with Crippen molar-refractivity contribution >= 4 is 33.0 Å². The first-order valence-corrected chi connectivity index (χ1v) is 10.6. The number of rotatable bonds is 6. The zero-order valence-electron chi connectivity index (χ0n) is 14.9. The quantitative estimate of drug-likeness (QED) is 0.735. The van der Waals surface area contributed by atoms with E-state index in [2.05, 4.69) is 10.6 Å². The third-order valence-electron chi connectivity index (χ3n) is 3.67. The highest BCUT2D eigenvalue weighted by Crippen LogP contribution is 2.31. The Morgan fingerprint density at radius 1 is 1.08 bits per heavy atom. The van der Waals surface area contributed by atoms with Crippen molar-refractivity contribution in [2.45, 2.75) is 36.3 Å². The summed E-state index contributed by atoms with van der Waals surface area (Å²) < 4.78 is 26.2. The maximum absolute atomic E-state index is 13.0. The van der Waals surface area contributed by atoms with Gasteiger partial charge in [0.25, 0.3) is 0 Å². The Morgan fingerprint density at radius 3 is 2.27 bits per heavy atom. The van der Waals surface area contributed by atoms with Gasteiger partial charge in [0.15, 0.2) is 9.84 Å². The number of benzene rings is 1. The van der Waals surface area contributed by atoms with Crippen molar-refractivity contribution in [3.05, 3.63) is 52.9 Å². The van der Waals surface area contributed by atoms with Crippen LogP contribution in [0.25, 0.3) is 0 Å². The Morgan fingerprint density at radius 2 is 1.73 bits per heavy atom. The Kier molecular flexibility index (Phi) is 6.55. The molecule has 0 saturated heterocycles. The van der Waals surface area contributed by atoms with Crippen molar-refractivity contribution in [3.63, 3.8) is 0 Å². The normalized spacial score (nSPS) is 12.6. The third kappa shape index (κ3) is 4.92. The first-order valence-electron chi connectivity index (χ1n) is 8.14. The largest absolute Gasteiger partial charge is 0.346 e. The van der Waals surface area contributed by atoms with E-state index in [0.29, 0.717) is 5.56 Å². The number of carbonyl (C=O) groups is 2. The molecule has 2 aromatic rings. The summed E-state index contributed by atoms with van der Waals surface area (Å²) in [6, 6.07) is 10.1. The lowest BCUT2D eigenvalue weighted by Gasteiger charge is -2.18. The lowest BCUT2D eigenvalue weighted by Crippen LogP contribution is -2.44. The Bertz CT molecular complexity index is 857. The number of carbonyl (C=O) groups excluding carboxylic acids is 2. The van der Waals surface area contributed by atoms with E-state index in [9.17, 15) is 18.0 Å². The highest BCUT2D eigenvalue weighted by atomic mass is 32.2. The molecule has 0 aliphatic rings. The van der Waals surface area contributed by atoms with E-state index in [1.165, 1.54) is 6.07 Å². The van der Waals surface area contributed by atoms with E-state index < -0.39 is 26.9 Å². The van der Waals surface area contributed by atoms with Gasteiger partial charge in [-0.15, -0.1) is 11.3 Å². The molecule has 1 heterocycles. The molecule has 0 unspecified atom stereocenters. The molecule has 8 heteroatoms. The van der Waals surface area contributed by atoms with Gasteiger partial charge in [-0.25, -0.2) is 8.42 Å². The molecule has 26 heavy (non-hydrogen) atoms. The predicted molar refractivity (Wildman–Crippen MR) is 102 cm³/mol. The summed E-state index contributed by atoms with van der Waals surface area (Å²) in [6.45, 7) is 5.20. The molecule has 1 aromatic carbocycles. The monoisotopic (exact) mass is 394 g/mol. The summed E-state index contributed by atoms with van der Waals surface area (Å²) in [4.78, 5) is 23.7. The summed E-state index contributed by atoms with van der Waals surface area (Å²) in [6.07, 6.45) is 0. The summed E-state index contributed by atoms with van der Waals surface area (Å²) in [5.74, 6) is -1.63. The van der Waals surface area contributed by atoms with Crippen LogP contribution in [0.1, 0.15) is 30.2 Å². The van der Waals surface area contributed by atoms with Crippen molar-refractivity contribution < 1.29 is 18.0 Å². The van der Waals surface area contributed by atoms with Gasteiger partial charge >= 0.3 is 11.8 Å². The van der Waals surface area contributed by atoms with Gasteiger partial charge in [0.1, 0.15) is 9.46 Å². The van der Waals surface area contributed by atoms with Gasteiger partial charge in [-0.05, 0) is 37.8 Å². The fourth-order valence-electron chi connectivity index (χ4n) is 2.35. The van der Waals surface area contributed by atoms with Crippen LogP contribution in [-0.4, -0.2) is 32.8 Å². The van der Waals surface area contributed by atoms with Crippen LogP contribution in [0.15, 0.2) is 46.0 Å². The van der Waals surface area contributed by atoms with Crippen molar-refractivity contribution in [1.82, 2.24) is 10.6 Å². The average molecular weight is 395 g/mol. The van der Waals surface area contributed by atoms with Crippen LogP contribution in [0, 0.1) is 6.92 Å². The van der Waals surface area contributed by atoms with Gasteiger partial charge in [-0.1, -0.05) is 35.9 Å². The Hall–Kier alpha value is -2.19. The second-order valence-electron chi connectivity index (χ2n) is 6.21. The van der Waals surface area contributed by atoms with Crippen LogP contribution in [0.4, 0.5) is 0 Å². The summed E-state index contributed by atoms with van der Waals surface area (Å²) in [5.41, 5.74) is 1.56. The molecule has 1 aromatic heterocycles. The zero-order valence-corrected chi connectivity index (χ0v) is 16.5. The SMILES string of the molecule is Cc1ccc([C@H](CNC(=O)C(=O)NC(C)C)S(=O)(=O)c2cccs2)cc1. The van der Waals surface area contributed by atoms with Gasteiger partial charge in [0, 0.05) is 12.6 Å². The van der Waals surface area contributed by atoms with E-state index in [0.717, 1.165) is 16.9 Å². The minimum Gasteiger partial charge on any atom is -0.346 e. The van der Waals surface area contributed by atoms with E-state index in [4.69, 9.17) is 0 Å². The van der Waals surface area contributed by atoms with Crippen LogP contribution in [-0.2, 0) is 19.4 Å². The molecule has 140 valence electrons. The average Bonchev–Trinajstić information content (AvgIpc) is 3.11. The summed E-state index contributed by atoms with van der Waals surface area (Å²) >= 11 is 1.13. The molecule has 6 nitrogen and oxygen atoms in total. The smallest absolute Gasteiger partial charge is 0.309 e. The van der Waals surface area contributed by atoms with E-state index in [1.54, 1.807) is 37.4 Å². The number of hydrogen-bond donors (Lipinski definition) is 2. The first-order chi connectivity index (χ1) is 12.2. The number of thiophene rings is 1. The number of aryl methyl sites for hydroxylation is 1. The first kappa shape index (κ1) is 20.1. The lowest BCUT2D eigenvalue weighted by molar-refractivity contribution is -0.139. The topological polar surface area (TPSA) is 92.3 Å². The fraction of sp³-hybridized carbons (Fsp3) is 0.333. The maximum Gasteiger partial charge on any atom is 0.309 e. The molecule has 0 fully saturated rings. The molecule has 0 bridgehead atoms. The molecule has 2 N–H and O–H groups in total. The Balaban J connectivity index is 2.26. The minimum absolute atomic E-state index is 0.184. The van der Waals surface area contributed by atoms with Crippen molar-refractivity contribution in [2.24, 2.45) is 0 Å². The van der Waals surface area contributed by atoms with Crippen LogP contribution in [0.5, 0.6) is 0 Å². The maximum atomic E-state index is 13.0. The highest BCUT2D eigenvalue weighted by Gasteiger charge is 2.31. The van der Waals surface area contributed by atoms with Gasteiger partial charge in [0.2, 0.25) is 0 Å².